The Morgan fingerprint density at radius 2 is 2.03 bits per heavy atom. The highest BCUT2D eigenvalue weighted by Crippen LogP contribution is 2.35. The average Bonchev–Trinajstić information content (AvgIpc) is 3.37. The second-order valence-electron chi connectivity index (χ2n) is 6.91. The summed E-state index contributed by atoms with van der Waals surface area (Å²) in [7, 11) is 0. The fourth-order valence-corrected chi connectivity index (χ4v) is 3.56. The molecule has 1 aliphatic rings. The number of benzene rings is 2. The van der Waals surface area contributed by atoms with Gasteiger partial charge in [-0.15, -0.1) is 0 Å². The van der Waals surface area contributed by atoms with Gasteiger partial charge in [-0.3, -0.25) is 4.79 Å². The lowest BCUT2D eigenvalue weighted by molar-refractivity contribution is -0.129. The number of rotatable bonds is 7. The molecule has 2 aromatic carbocycles. The molecule has 1 amide bonds. The molecule has 3 aromatic rings. The van der Waals surface area contributed by atoms with Gasteiger partial charge >= 0.3 is 0 Å². The van der Waals surface area contributed by atoms with Crippen molar-refractivity contribution in [2.45, 2.75) is 32.4 Å². The van der Waals surface area contributed by atoms with Gasteiger partial charge in [0.05, 0.1) is 12.2 Å². The van der Waals surface area contributed by atoms with Gasteiger partial charge < -0.3 is 14.2 Å². The molecule has 0 N–H and O–H groups in total. The molecule has 6 nitrogen and oxygen atoms in total. The van der Waals surface area contributed by atoms with Crippen LogP contribution in [0.15, 0.2) is 59.6 Å². The third-order valence-corrected chi connectivity index (χ3v) is 5.05. The number of hydrogen-bond acceptors (Lipinski definition) is 5. The number of amides is 1. The molecule has 6 heteroatoms. The maximum Gasteiger partial charge on any atom is 0.249 e. The van der Waals surface area contributed by atoms with Gasteiger partial charge in [0.15, 0.2) is 0 Å². The van der Waals surface area contributed by atoms with Crippen LogP contribution in [0.25, 0.3) is 17.5 Å². The lowest BCUT2D eigenvalue weighted by Gasteiger charge is -2.22. The van der Waals surface area contributed by atoms with E-state index in [1.54, 1.807) is 6.08 Å². The minimum atomic E-state index is -0.220. The van der Waals surface area contributed by atoms with E-state index in [1.165, 1.54) is 0 Å². The minimum absolute atomic E-state index is 0.0947. The normalized spacial score (nSPS) is 16.2. The van der Waals surface area contributed by atoms with Gasteiger partial charge in [-0.2, -0.15) is 4.98 Å². The van der Waals surface area contributed by atoms with E-state index in [0.29, 0.717) is 43.5 Å². The third kappa shape index (κ3) is 3.92. The Kier molecular flexibility index (Phi) is 5.42. The molecule has 1 unspecified atom stereocenters. The van der Waals surface area contributed by atoms with Crippen molar-refractivity contribution in [3.8, 4) is 17.1 Å². The van der Waals surface area contributed by atoms with Crippen molar-refractivity contribution in [1.29, 1.82) is 0 Å². The van der Waals surface area contributed by atoms with E-state index >= 15 is 0 Å². The molecule has 148 valence electrons. The predicted molar refractivity (Wildman–Crippen MR) is 110 cm³/mol. The molecular formula is C23H23N3O3. The number of para-hydroxylation sites is 1. The van der Waals surface area contributed by atoms with E-state index in [2.05, 4.69) is 16.7 Å². The highest BCUT2D eigenvalue weighted by molar-refractivity contribution is 5.79. The molecule has 0 radical (unpaired) electrons. The Morgan fingerprint density at radius 3 is 2.79 bits per heavy atom. The van der Waals surface area contributed by atoms with Crippen LogP contribution in [0.3, 0.4) is 0 Å². The van der Waals surface area contributed by atoms with Crippen LogP contribution in [0.2, 0.25) is 0 Å². The number of aromatic nitrogens is 2. The molecule has 1 fully saturated rings. The standard InChI is InChI=1S/C23H23N3O3/c1-3-16-9-11-17(12-10-16)15-26-19(13-14-21(26)27)23-24-22(25-29-23)18-7-5-6-8-20(18)28-4-2/h3,5-12,19H,1,4,13-15H2,2H3. The molecule has 4 rings (SSSR count). The maximum atomic E-state index is 12.5. The van der Waals surface area contributed by atoms with Crippen LogP contribution >= 0.6 is 0 Å². The van der Waals surface area contributed by atoms with Crippen LogP contribution in [0, 0.1) is 0 Å². The Hall–Kier alpha value is -3.41. The quantitative estimate of drug-likeness (QED) is 0.589. The SMILES string of the molecule is C=Cc1ccc(CN2C(=O)CCC2c2nc(-c3ccccc3OCC)no2)cc1. The van der Waals surface area contributed by atoms with Crippen LogP contribution in [0.5, 0.6) is 5.75 Å². The highest BCUT2D eigenvalue weighted by atomic mass is 16.5. The zero-order chi connectivity index (χ0) is 20.2. The number of hydrogen-bond donors (Lipinski definition) is 0. The number of carbonyl (C=O) groups excluding carboxylic acids is 1. The molecule has 0 spiro atoms. The zero-order valence-corrected chi connectivity index (χ0v) is 16.4. The predicted octanol–water partition coefficient (Wildman–Crippen LogP) is 4.64. The molecular weight excluding hydrogens is 366 g/mol. The Labute approximate surface area is 169 Å². The highest BCUT2D eigenvalue weighted by Gasteiger charge is 2.36. The van der Waals surface area contributed by atoms with E-state index in [-0.39, 0.29) is 11.9 Å². The van der Waals surface area contributed by atoms with E-state index < -0.39 is 0 Å². The van der Waals surface area contributed by atoms with E-state index in [1.807, 2.05) is 60.4 Å². The maximum absolute atomic E-state index is 12.5. The first-order valence-corrected chi connectivity index (χ1v) is 9.76. The first kappa shape index (κ1) is 18.9. The van der Waals surface area contributed by atoms with Gasteiger partial charge in [-0.25, -0.2) is 0 Å². The molecule has 2 heterocycles. The van der Waals surface area contributed by atoms with Gasteiger partial charge in [0.1, 0.15) is 11.8 Å². The van der Waals surface area contributed by atoms with Crippen molar-refractivity contribution in [3.63, 3.8) is 0 Å². The monoisotopic (exact) mass is 389 g/mol. The molecule has 1 saturated heterocycles. The molecule has 1 aliphatic heterocycles. The summed E-state index contributed by atoms with van der Waals surface area (Å²) in [5.41, 5.74) is 2.88. The molecule has 1 aromatic heterocycles. The molecule has 1 atom stereocenters. The van der Waals surface area contributed by atoms with Gasteiger partial charge in [0.2, 0.25) is 17.6 Å². The molecule has 29 heavy (non-hydrogen) atoms. The second-order valence-corrected chi connectivity index (χ2v) is 6.91. The summed E-state index contributed by atoms with van der Waals surface area (Å²) in [6, 6.07) is 15.4. The van der Waals surface area contributed by atoms with E-state index in [9.17, 15) is 4.79 Å². The largest absolute Gasteiger partial charge is 0.493 e. The fraction of sp³-hybridized carbons (Fsp3) is 0.261. The average molecular weight is 389 g/mol. The minimum Gasteiger partial charge on any atom is -0.493 e. The number of likely N-dealkylation sites (tertiary alicyclic amines) is 1. The molecule has 0 bridgehead atoms. The van der Waals surface area contributed by atoms with Crippen LogP contribution in [0.1, 0.15) is 42.8 Å². The van der Waals surface area contributed by atoms with E-state index in [4.69, 9.17) is 9.26 Å². The van der Waals surface area contributed by atoms with Crippen molar-refractivity contribution in [2.75, 3.05) is 6.61 Å². The summed E-state index contributed by atoms with van der Waals surface area (Å²) in [5.74, 6) is 1.74. The number of ether oxygens (including phenoxy) is 1. The smallest absolute Gasteiger partial charge is 0.249 e. The fourth-order valence-electron chi connectivity index (χ4n) is 3.56. The number of carbonyl (C=O) groups is 1. The summed E-state index contributed by atoms with van der Waals surface area (Å²) in [6.45, 7) is 6.77. The van der Waals surface area contributed by atoms with Gasteiger partial charge in [0.25, 0.3) is 0 Å². The lowest BCUT2D eigenvalue weighted by atomic mass is 10.1. The lowest BCUT2D eigenvalue weighted by Crippen LogP contribution is -2.27. The van der Waals surface area contributed by atoms with Crippen LogP contribution in [-0.2, 0) is 11.3 Å². The summed E-state index contributed by atoms with van der Waals surface area (Å²) < 4.78 is 11.2. The van der Waals surface area contributed by atoms with Crippen LogP contribution < -0.4 is 4.74 Å². The van der Waals surface area contributed by atoms with Gasteiger partial charge in [-0.05, 0) is 36.6 Å². The Balaban J connectivity index is 1.57. The first-order valence-electron chi connectivity index (χ1n) is 9.76. The second kappa shape index (κ2) is 8.31. The van der Waals surface area contributed by atoms with Gasteiger partial charge in [0, 0.05) is 13.0 Å². The van der Waals surface area contributed by atoms with Crippen molar-refractivity contribution < 1.29 is 14.1 Å². The summed E-state index contributed by atoms with van der Waals surface area (Å²) in [6.07, 6.45) is 2.94. The zero-order valence-electron chi connectivity index (χ0n) is 16.4. The first-order chi connectivity index (χ1) is 14.2. The molecule has 0 saturated carbocycles. The summed E-state index contributed by atoms with van der Waals surface area (Å²) in [5, 5.41) is 4.15. The van der Waals surface area contributed by atoms with Crippen LogP contribution in [-0.4, -0.2) is 27.6 Å². The third-order valence-electron chi connectivity index (χ3n) is 5.05. The number of nitrogens with zero attached hydrogens (tertiary/aromatic N) is 3. The van der Waals surface area contributed by atoms with Crippen molar-refractivity contribution >= 4 is 12.0 Å². The molecule has 0 aliphatic carbocycles. The summed E-state index contributed by atoms with van der Waals surface area (Å²) >= 11 is 0. The van der Waals surface area contributed by atoms with Crippen LogP contribution in [0.4, 0.5) is 0 Å². The van der Waals surface area contributed by atoms with Crippen molar-refractivity contribution in [2.24, 2.45) is 0 Å². The Morgan fingerprint density at radius 1 is 1.24 bits per heavy atom. The van der Waals surface area contributed by atoms with Crippen molar-refractivity contribution in [3.05, 3.63) is 72.1 Å². The topological polar surface area (TPSA) is 68.5 Å². The van der Waals surface area contributed by atoms with Crippen molar-refractivity contribution in [1.82, 2.24) is 15.0 Å². The Bertz CT molecular complexity index is 1010. The van der Waals surface area contributed by atoms with E-state index in [0.717, 1.165) is 16.7 Å². The summed E-state index contributed by atoms with van der Waals surface area (Å²) in [4.78, 5) is 18.9. The van der Waals surface area contributed by atoms with Gasteiger partial charge in [-0.1, -0.05) is 54.2 Å².